The Hall–Kier alpha value is -0.540. The third-order valence-electron chi connectivity index (χ3n) is 2.05. The molecule has 1 rings (SSSR count). The van der Waals surface area contributed by atoms with Crippen LogP contribution >= 0.6 is 15.9 Å². The van der Waals surface area contributed by atoms with E-state index in [1.54, 1.807) is 14.0 Å². The summed E-state index contributed by atoms with van der Waals surface area (Å²) in [5, 5.41) is 9.32. The van der Waals surface area contributed by atoms with E-state index in [1.165, 1.54) is 0 Å². The number of hydrogen-bond donors (Lipinski definition) is 1. The van der Waals surface area contributed by atoms with Crippen molar-refractivity contribution in [3.8, 4) is 5.75 Å². The molecule has 1 unspecified atom stereocenters. The summed E-state index contributed by atoms with van der Waals surface area (Å²) in [5.41, 5.74) is 2.21. The van der Waals surface area contributed by atoms with E-state index in [-0.39, 0.29) is 6.10 Å². The maximum Gasteiger partial charge on any atom is 0.119 e. The van der Waals surface area contributed by atoms with Crippen molar-refractivity contribution < 1.29 is 9.84 Å². The van der Waals surface area contributed by atoms with Crippen LogP contribution in [-0.2, 0) is 6.42 Å². The smallest absolute Gasteiger partial charge is 0.119 e. The highest BCUT2D eigenvalue weighted by Crippen LogP contribution is 2.27. The lowest BCUT2D eigenvalue weighted by Gasteiger charge is -2.11. The minimum Gasteiger partial charge on any atom is -0.497 e. The fraction of sp³-hybridized carbons (Fsp3) is 0.455. The molecule has 1 atom stereocenters. The summed E-state index contributed by atoms with van der Waals surface area (Å²) in [7, 11) is 1.65. The first-order valence-corrected chi connectivity index (χ1v) is 5.35. The summed E-state index contributed by atoms with van der Waals surface area (Å²) in [6.07, 6.45) is 0.302. The normalized spacial score (nSPS) is 12.6. The molecule has 0 fully saturated rings. The highest BCUT2D eigenvalue weighted by atomic mass is 79.9. The molecule has 0 bridgehead atoms. The van der Waals surface area contributed by atoms with Crippen LogP contribution in [0.1, 0.15) is 18.1 Å². The van der Waals surface area contributed by atoms with Crippen LogP contribution in [0.15, 0.2) is 16.6 Å². The first-order valence-electron chi connectivity index (χ1n) is 4.55. The second-order valence-corrected chi connectivity index (χ2v) is 4.26. The molecule has 0 aliphatic rings. The van der Waals surface area contributed by atoms with Gasteiger partial charge in [0.25, 0.3) is 0 Å². The molecule has 0 spiro atoms. The van der Waals surface area contributed by atoms with Gasteiger partial charge in [-0.15, -0.1) is 0 Å². The van der Waals surface area contributed by atoms with E-state index < -0.39 is 0 Å². The van der Waals surface area contributed by atoms with E-state index in [1.807, 2.05) is 19.1 Å². The molecule has 0 amide bonds. The van der Waals surface area contributed by atoms with Gasteiger partial charge in [0.2, 0.25) is 0 Å². The molecule has 0 saturated heterocycles. The number of hydrogen-bond acceptors (Lipinski definition) is 2. The van der Waals surface area contributed by atoms with Gasteiger partial charge >= 0.3 is 0 Å². The van der Waals surface area contributed by atoms with E-state index >= 15 is 0 Å². The minimum atomic E-state index is -0.335. The Morgan fingerprint density at radius 2 is 2.14 bits per heavy atom. The van der Waals surface area contributed by atoms with Gasteiger partial charge in [-0.1, -0.05) is 15.9 Å². The van der Waals surface area contributed by atoms with Crippen LogP contribution in [0.25, 0.3) is 0 Å². The van der Waals surface area contributed by atoms with Crippen LogP contribution < -0.4 is 4.74 Å². The maximum atomic E-state index is 9.32. The maximum absolute atomic E-state index is 9.32. The molecule has 3 heteroatoms. The summed E-state index contributed by atoms with van der Waals surface area (Å²) < 4.78 is 6.22. The monoisotopic (exact) mass is 258 g/mol. The Kier molecular flexibility index (Phi) is 3.96. The molecule has 1 aromatic rings. The number of aliphatic hydroxyl groups excluding tert-OH is 1. The van der Waals surface area contributed by atoms with Gasteiger partial charge in [-0.3, -0.25) is 0 Å². The van der Waals surface area contributed by atoms with Crippen molar-refractivity contribution in [1.29, 1.82) is 0 Å². The molecule has 0 radical (unpaired) electrons. The topological polar surface area (TPSA) is 29.5 Å². The predicted molar refractivity (Wildman–Crippen MR) is 60.8 cm³/mol. The van der Waals surface area contributed by atoms with Gasteiger partial charge in [0, 0.05) is 4.47 Å². The number of aryl methyl sites for hydroxylation is 1. The Morgan fingerprint density at radius 1 is 1.50 bits per heavy atom. The zero-order valence-electron chi connectivity index (χ0n) is 8.67. The van der Waals surface area contributed by atoms with Crippen LogP contribution in [-0.4, -0.2) is 18.3 Å². The SMILES string of the molecule is COc1cc(C)c(Br)c(CC(C)O)c1. The largest absolute Gasteiger partial charge is 0.497 e. The predicted octanol–water partition coefficient (Wildman–Crippen LogP) is 2.69. The average Bonchev–Trinajstić information content (AvgIpc) is 2.11. The first-order chi connectivity index (χ1) is 6.54. The second kappa shape index (κ2) is 4.80. The van der Waals surface area contributed by atoms with Crippen molar-refractivity contribution in [1.82, 2.24) is 0 Å². The third kappa shape index (κ3) is 2.72. The summed E-state index contributed by atoms with van der Waals surface area (Å²) in [4.78, 5) is 0. The van der Waals surface area contributed by atoms with Gasteiger partial charge < -0.3 is 9.84 Å². The summed E-state index contributed by atoms with van der Waals surface area (Å²) >= 11 is 3.51. The zero-order chi connectivity index (χ0) is 10.7. The van der Waals surface area contributed by atoms with Gasteiger partial charge in [-0.05, 0) is 43.5 Å². The van der Waals surface area contributed by atoms with Crippen molar-refractivity contribution in [2.24, 2.45) is 0 Å². The van der Waals surface area contributed by atoms with Gasteiger partial charge in [0.05, 0.1) is 13.2 Å². The summed E-state index contributed by atoms with van der Waals surface area (Å²) in [5.74, 6) is 0.835. The van der Waals surface area contributed by atoms with E-state index in [0.717, 1.165) is 21.3 Å². The lowest BCUT2D eigenvalue weighted by Crippen LogP contribution is -2.05. The van der Waals surface area contributed by atoms with Gasteiger partial charge in [0.1, 0.15) is 5.75 Å². The van der Waals surface area contributed by atoms with Crippen LogP contribution in [0.2, 0.25) is 0 Å². The summed E-state index contributed by atoms with van der Waals surface area (Å²) in [6, 6.07) is 3.92. The van der Waals surface area contributed by atoms with Crippen LogP contribution in [0, 0.1) is 6.92 Å². The van der Waals surface area contributed by atoms with E-state index in [9.17, 15) is 5.11 Å². The Labute approximate surface area is 93.0 Å². The van der Waals surface area contributed by atoms with Gasteiger partial charge in [0.15, 0.2) is 0 Å². The molecule has 0 saturated carbocycles. The van der Waals surface area contributed by atoms with Gasteiger partial charge in [-0.2, -0.15) is 0 Å². The van der Waals surface area contributed by atoms with E-state index in [4.69, 9.17) is 4.74 Å². The fourth-order valence-electron chi connectivity index (χ4n) is 1.39. The average molecular weight is 259 g/mol. The molecule has 1 aromatic carbocycles. The van der Waals surface area contributed by atoms with Crippen molar-refractivity contribution in [3.05, 3.63) is 27.7 Å². The lowest BCUT2D eigenvalue weighted by molar-refractivity contribution is 0.195. The number of halogens is 1. The van der Waals surface area contributed by atoms with Crippen molar-refractivity contribution in [2.75, 3.05) is 7.11 Å². The molecule has 2 nitrogen and oxygen atoms in total. The third-order valence-corrected chi connectivity index (χ3v) is 3.19. The lowest BCUT2D eigenvalue weighted by atomic mass is 10.1. The number of ether oxygens (including phenoxy) is 1. The quantitative estimate of drug-likeness (QED) is 0.904. The highest BCUT2D eigenvalue weighted by molar-refractivity contribution is 9.10. The van der Waals surface area contributed by atoms with Crippen LogP contribution in [0.5, 0.6) is 5.75 Å². The molecule has 0 heterocycles. The number of rotatable bonds is 3. The standard InChI is InChI=1S/C11H15BrO2/c1-7-4-10(14-3)6-9(11(7)12)5-8(2)13/h4,6,8,13H,5H2,1-3H3. The van der Waals surface area contributed by atoms with Gasteiger partial charge in [-0.25, -0.2) is 0 Å². The highest BCUT2D eigenvalue weighted by Gasteiger charge is 2.08. The molecule has 78 valence electrons. The Bertz CT molecular complexity index is 321. The molecular formula is C11H15BrO2. The van der Waals surface area contributed by atoms with Crippen molar-refractivity contribution in [3.63, 3.8) is 0 Å². The molecular weight excluding hydrogens is 244 g/mol. The van der Waals surface area contributed by atoms with Crippen LogP contribution in [0.3, 0.4) is 0 Å². The first kappa shape index (κ1) is 11.5. The Balaban J connectivity index is 3.07. The molecule has 0 aliphatic heterocycles. The number of aliphatic hydroxyl groups is 1. The minimum absolute atomic E-state index is 0.335. The van der Waals surface area contributed by atoms with Crippen LogP contribution in [0.4, 0.5) is 0 Å². The number of benzene rings is 1. The molecule has 0 aromatic heterocycles. The van der Waals surface area contributed by atoms with Crippen molar-refractivity contribution in [2.45, 2.75) is 26.4 Å². The summed E-state index contributed by atoms with van der Waals surface area (Å²) in [6.45, 7) is 3.79. The second-order valence-electron chi connectivity index (χ2n) is 3.47. The van der Waals surface area contributed by atoms with E-state index in [2.05, 4.69) is 15.9 Å². The molecule has 0 aliphatic carbocycles. The molecule has 14 heavy (non-hydrogen) atoms. The van der Waals surface area contributed by atoms with Crippen molar-refractivity contribution >= 4 is 15.9 Å². The fourth-order valence-corrected chi connectivity index (χ4v) is 1.78. The Morgan fingerprint density at radius 3 is 2.64 bits per heavy atom. The zero-order valence-corrected chi connectivity index (χ0v) is 10.3. The molecule has 1 N–H and O–H groups in total. The number of methoxy groups -OCH3 is 1. The van der Waals surface area contributed by atoms with E-state index in [0.29, 0.717) is 6.42 Å².